The summed E-state index contributed by atoms with van der Waals surface area (Å²) < 4.78 is 0. The second-order valence-corrected chi connectivity index (χ2v) is 6.03. The van der Waals surface area contributed by atoms with Gasteiger partial charge in [-0.05, 0) is 42.0 Å². The first-order valence-corrected chi connectivity index (χ1v) is 8.85. The molecule has 0 saturated heterocycles. The van der Waals surface area contributed by atoms with Gasteiger partial charge in [-0.15, -0.1) is 0 Å². The number of thiophene rings is 1. The highest BCUT2D eigenvalue weighted by Gasteiger charge is 2.09. The zero-order chi connectivity index (χ0) is 14.4. The van der Waals surface area contributed by atoms with Crippen LogP contribution in [-0.2, 0) is 0 Å². The Balaban J connectivity index is 2.13. The van der Waals surface area contributed by atoms with Crippen LogP contribution in [0.3, 0.4) is 0 Å². The molecule has 2 N–H and O–H groups in total. The number of hydrogen-bond donors (Lipinski definition) is 2. The normalized spacial score (nSPS) is 12.2. The molecule has 0 amide bonds. The van der Waals surface area contributed by atoms with Crippen molar-refractivity contribution in [2.24, 2.45) is 0 Å². The summed E-state index contributed by atoms with van der Waals surface area (Å²) in [4.78, 5) is 8.98. The van der Waals surface area contributed by atoms with Gasteiger partial charge in [0.15, 0.2) is 5.16 Å². The summed E-state index contributed by atoms with van der Waals surface area (Å²) in [5.74, 6) is 1.74. The van der Waals surface area contributed by atoms with Crippen LogP contribution in [0.1, 0.15) is 31.9 Å². The molecule has 108 valence electrons. The third-order valence-corrected chi connectivity index (χ3v) is 4.10. The summed E-state index contributed by atoms with van der Waals surface area (Å²) in [6.07, 6.45) is 3.07. The smallest absolute Gasteiger partial charge is 0.191 e. The molecule has 0 spiro atoms. The van der Waals surface area contributed by atoms with E-state index in [2.05, 4.69) is 51.3 Å². The highest BCUT2D eigenvalue weighted by atomic mass is 32.2. The maximum atomic E-state index is 4.51. The van der Waals surface area contributed by atoms with Gasteiger partial charge >= 0.3 is 0 Å². The lowest BCUT2D eigenvalue weighted by atomic mass is 10.2. The Morgan fingerprint density at radius 1 is 1.35 bits per heavy atom. The van der Waals surface area contributed by atoms with Crippen LogP contribution in [0.2, 0.25) is 0 Å². The highest BCUT2D eigenvalue weighted by Crippen LogP contribution is 2.23. The summed E-state index contributed by atoms with van der Waals surface area (Å²) in [7, 11) is 0. The third kappa shape index (κ3) is 4.11. The average molecular weight is 308 g/mol. The van der Waals surface area contributed by atoms with Gasteiger partial charge in [-0.2, -0.15) is 11.3 Å². The molecule has 1 unspecified atom stereocenters. The minimum Gasteiger partial charge on any atom is -0.370 e. The fourth-order valence-electron chi connectivity index (χ4n) is 1.76. The zero-order valence-corrected chi connectivity index (χ0v) is 13.6. The van der Waals surface area contributed by atoms with Crippen molar-refractivity contribution < 1.29 is 0 Å². The number of anilines is 2. The van der Waals surface area contributed by atoms with Crippen molar-refractivity contribution in [3.05, 3.63) is 28.5 Å². The van der Waals surface area contributed by atoms with Crippen LogP contribution in [0, 0.1) is 0 Å². The molecular weight excluding hydrogens is 288 g/mol. The van der Waals surface area contributed by atoms with E-state index in [1.54, 1.807) is 23.1 Å². The maximum absolute atomic E-state index is 4.51. The molecule has 0 saturated carbocycles. The standard InChI is InChI=1S/C14H20N4S2/c1-4-6-15-12-8-13(18-14(17-12)19-3)16-10(2)11-5-7-20-9-11/h5,7-10H,4,6H2,1-3H3,(H2,15,16,17,18). The summed E-state index contributed by atoms with van der Waals surface area (Å²) >= 11 is 3.27. The van der Waals surface area contributed by atoms with E-state index in [4.69, 9.17) is 0 Å². The Morgan fingerprint density at radius 2 is 2.15 bits per heavy atom. The van der Waals surface area contributed by atoms with Gasteiger partial charge in [0.05, 0.1) is 6.04 Å². The van der Waals surface area contributed by atoms with Crippen LogP contribution in [0.15, 0.2) is 28.0 Å². The number of aromatic nitrogens is 2. The second-order valence-electron chi connectivity index (χ2n) is 4.47. The molecule has 2 aromatic rings. The summed E-state index contributed by atoms with van der Waals surface area (Å²) in [6.45, 7) is 5.20. The summed E-state index contributed by atoms with van der Waals surface area (Å²) in [5, 5.41) is 11.8. The first-order valence-electron chi connectivity index (χ1n) is 6.68. The molecule has 4 nitrogen and oxygen atoms in total. The quantitative estimate of drug-likeness (QED) is 0.591. The number of thioether (sulfide) groups is 1. The molecule has 2 heterocycles. The molecule has 20 heavy (non-hydrogen) atoms. The average Bonchev–Trinajstić information content (AvgIpc) is 2.99. The number of rotatable bonds is 7. The van der Waals surface area contributed by atoms with E-state index >= 15 is 0 Å². The van der Waals surface area contributed by atoms with Crippen LogP contribution < -0.4 is 10.6 Å². The molecule has 0 aliphatic heterocycles. The Kier molecular flexibility index (Phi) is 5.67. The molecule has 6 heteroatoms. The van der Waals surface area contributed by atoms with E-state index in [-0.39, 0.29) is 6.04 Å². The lowest BCUT2D eigenvalue weighted by molar-refractivity contribution is 0.857. The van der Waals surface area contributed by atoms with Crippen molar-refractivity contribution >= 4 is 34.7 Å². The van der Waals surface area contributed by atoms with Crippen LogP contribution in [0.5, 0.6) is 0 Å². The van der Waals surface area contributed by atoms with Gasteiger partial charge in [0.2, 0.25) is 0 Å². The third-order valence-electron chi connectivity index (χ3n) is 2.85. The molecule has 2 rings (SSSR count). The number of nitrogens with zero attached hydrogens (tertiary/aromatic N) is 2. The van der Waals surface area contributed by atoms with Gasteiger partial charge in [0.1, 0.15) is 11.6 Å². The van der Waals surface area contributed by atoms with E-state index in [0.29, 0.717) is 0 Å². The first-order chi connectivity index (χ1) is 9.72. The molecule has 0 bridgehead atoms. The summed E-state index contributed by atoms with van der Waals surface area (Å²) in [5.41, 5.74) is 1.28. The molecule has 0 radical (unpaired) electrons. The monoisotopic (exact) mass is 308 g/mol. The van der Waals surface area contributed by atoms with Crippen molar-refractivity contribution in [1.29, 1.82) is 0 Å². The minimum atomic E-state index is 0.241. The SMILES string of the molecule is CCCNc1cc(NC(C)c2ccsc2)nc(SC)n1. The van der Waals surface area contributed by atoms with E-state index in [1.165, 1.54) is 5.56 Å². The van der Waals surface area contributed by atoms with Gasteiger partial charge in [-0.25, -0.2) is 9.97 Å². The molecule has 1 atom stereocenters. The predicted molar refractivity (Wildman–Crippen MR) is 89.0 cm³/mol. The van der Waals surface area contributed by atoms with Gasteiger partial charge < -0.3 is 10.6 Å². The van der Waals surface area contributed by atoms with E-state index < -0.39 is 0 Å². The Morgan fingerprint density at radius 3 is 2.80 bits per heavy atom. The van der Waals surface area contributed by atoms with Gasteiger partial charge in [0.25, 0.3) is 0 Å². The second kappa shape index (κ2) is 7.50. The van der Waals surface area contributed by atoms with E-state index in [0.717, 1.165) is 29.8 Å². The highest BCUT2D eigenvalue weighted by molar-refractivity contribution is 7.98. The largest absolute Gasteiger partial charge is 0.370 e. The van der Waals surface area contributed by atoms with Crippen LogP contribution in [0.4, 0.5) is 11.6 Å². The maximum Gasteiger partial charge on any atom is 0.191 e. The van der Waals surface area contributed by atoms with Crippen LogP contribution >= 0.6 is 23.1 Å². The molecule has 2 aromatic heterocycles. The van der Waals surface area contributed by atoms with Crippen LogP contribution in [-0.4, -0.2) is 22.8 Å². The summed E-state index contributed by atoms with van der Waals surface area (Å²) in [6, 6.07) is 4.35. The minimum absolute atomic E-state index is 0.241. The lowest BCUT2D eigenvalue weighted by Crippen LogP contribution is -2.10. The molecule has 0 fully saturated rings. The van der Waals surface area contributed by atoms with Crippen molar-refractivity contribution in [1.82, 2.24) is 9.97 Å². The number of hydrogen-bond acceptors (Lipinski definition) is 6. The van der Waals surface area contributed by atoms with E-state index in [1.807, 2.05) is 12.3 Å². The van der Waals surface area contributed by atoms with Gasteiger partial charge in [0, 0.05) is 12.6 Å². The van der Waals surface area contributed by atoms with Crippen molar-refractivity contribution in [3.8, 4) is 0 Å². The number of nitrogens with one attached hydrogen (secondary N) is 2. The van der Waals surface area contributed by atoms with Gasteiger partial charge in [-0.1, -0.05) is 18.7 Å². The van der Waals surface area contributed by atoms with Crippen molar-refractivity contribution in [2.45, 2.75) is 31.5 Å². The molecule has 0 aliphatic rings. The fraction of sp³-hybridized carbons (Fsp3) is 0.429. The first kappa shape index (κ1) is 15.1. The van der Waals surface area contributed by atoms with E-state index in [9.17, 15) is 0 Å². The topological polar surface area (TPSA) is 49.8 Å². The van der Waals surface area contributed by atoms with Gasteiger partial charge in [-0.3, -0.25) is 0 Å². The molecule has 0 aromatic carbocycles. The van der Waals surface area contributed by atoms with Crippen molar-refractivity contribution in [3.63, 3.8) is 0 Å². The van der Waals surface area contributed by atoms with Crippen LogP contribution in [0.25, 0.3) is 0 Å². The predicted octanol–water partition coefficient (Wildman–Crippen LogP) is 4.26. The zero-order valence-electron chi connectivity index (χ0n) is 12.0. The lowest BCUT2D eigenvalue weighted by Gasteiger charge is -2.15. The Hall–Kier alpha value is -1.27. The fourth-order valence-corrected chi connectivity index (χ4v) is 2.89. The molecular formula is C14H20N4S2. The Bertz CT molecular complexity index is 528. The molecule has 0 aliphatic carbocycles. The van der Waals surface area contributed by atoms with Crippen molar-refractivity contribution in [2.75, 3.05) is 23.4 Å². The Labute approximate surface area is 128 Å².